The zero-order chi connectivity index (χ0) is 42.1. The maximum absolute atomic E-state index is 3.75. The van der Waals surface area contributed by atoms with Crippen LogP contribution in [0.3, 0.4) is 0 Å². The van der Waals surface area contributed by atoms with Crippen molar-refractivity contribution in [2.75, 3.05) is 5.32 Å². The molecule has 0 fully saturated rings. The fraction of sp³-hybridized carbons (Fsp3) is 0.0820. The minimum atomic E-state index is 0.00722. The van der Waals surface area contributed by atoms with Crippen LogP contribution in [0.2, 0.25) is 0 Å². The van der Waals surface area contributed by atoms with Crippen LogP contribution in [-0.4, -0.2) is 4.57 Å². The zero-order valence-electron chi connectivity index (χ0n) is 35.5. The number of hydrogen-bond acceptors (Lipinski definition) is 1. The molecule has 13 rings (SSSR count). The van der Waals surface area contributed by atoms with Gasteiger partial charge in [0.25, 0.3) is 0 Å². The van der Waals surface area contributed by atoms with Crippen molar-refractivity contribution in [2.24, 2.45) is 0 Å². The molecule has 1 unspecified atom stereocenters. The summed E-state index contributed by atoms with van der Waals surface area (Å²) in [6, 6.07) is 72.5. The van der Waals surface area contributed by atoms with Gasteiger partial charge in [0.05, 0.1) is 11.0 Å². The summed E-state index contributed by atoms with van der Waals surface area (Å²) in [7, 11) is 0. The molecule has 2 nitrogen and oxygen atoms in total. The molecule has 0 radical (unpaired) electrons. The molecule has 1 aromatic heterocycles. The highest BCUT2D eigenvalue weighted by molar-refractivity contribution is 6.18. The van der Waals surface area contributed by atoms with Gasteiger partial charge in [0, 0.05) is 44.6 Å². The minimum Gasteiger partial charge on any atom is -0.355 e. The van der Waals surface area contributed by atoms with Gasteiger partial charge in [-0.3, -0.25) is 0 Å². The van der Waals surface area contributed by atoms with Crippen LogP contribution in [0.15, 0.2) is 218 Å². The van der Waals surface area contributed by atoms with E-state index in [4.69, 9.17) is 0 Å². The van der Waals surface area contributed by atoms with Gasteiger partial charge in [-0.05, 0) is 122 Å². The van der Waals surface area contributed by atoms with Gasteiger partial charge in [-0.25, -0.2) is 0 Å². The molecule has 63 heavy (non-hydrogen) atoms. The van der Waals surface area contributed by atoms with Crippen molar-refractivity contribution in [2.45, 2.75) is 31.6 Å². The van der Waals surface area contributed by atoms with Gasteiger partial charge >= 0.3 is 0 Å². The molecule has 1 heterocycles. The maximum atomic E-state index is 3.75. The van der Waals surface area contributed by atoms with Crippen LogP contribution < -0.4 is 5.32 Å². The Morgan fingerprint density at radius 2 is 1.13 bits per heavy atom. The summed E-state index contributed by atoms with van der Waals surface area (Å²) < 4.78 is 2.37. The molecule has 0 amide bonds. The number of para-hydroxylation sites is 2. The lowest BCUT2D eigenvalue weighted by atomic mass is 9.82. The number of fused-ring (bicyclic) bond motifs is 9. The largest absolute Gasteiger partial charge is 0.355 e. The van der Waals surface area contributed by atoms with Crippen molar-refractivity contribution in [3.8, 4) is 39.1 Å². The Bertz CT molecular complexity index is 3440. The smallest absolute Gasteiger partial charge is 0.0541 e. The van der Waals surface area contributed by atoms with E-state index >= 15 is 0 Å². The minimum absolute atomic E-state index is 0.00722. The van der Waals surface area contributed by atoms with Crippen molar-refractivity contribution in [3.05, 3.63) is 241 Å². The second-order valence-electron chi connectivity index (χ2n) is 17.7. The molecule has 1 N–H and O–H groups in total. The first-order chi connectivity index (χ1) is 31.0. The number of benzene rings is 9. The van der Waals surface area contributed by atoms with E-state index in [9.17, 15) is 0 Å². The molecule has 0 spiro atoms. The Morgan fingerprint density at radius 1 is 0.492 bits per heavy atom. The van der Waals surface area contributed by atoms with Crippen LogP contribution in [0.5, 0.6) is 0 Å². The summed E-state index contributed by atoms with van der Waals surface area (Å²) in [4.78, 5) is 0. The molecule has 2 heteroatoms. The number of rotatable bonds is 5. The predicted molar refractivity (Wildman–Crippen MR) is 267 cm³/mol. The van der Waals surface area contributed by atoms with Gasteiger partial charge in [0.1, 0.15) is 0 Å². The second kappa shape index (κ2) is 14.8. The Hall–Kier alpha value is -7.68. The van der Waals surface area contributed by atoms with Gasteiger partial charge in [-0.2, -0.15) is 0 Å². The summed E-state index contributed by atoms with van der Waals surface area (Å²) >= 11 is 0. The average Bonchev–Trinajstić information content (AvgIpc) is 3.94. The van der Waals surface area contributed by atoms with Gasteiger partial charge in [-0.1, -0.05) is 184 Å². The maximum Gasteiger partial charge on any atom is 0.0541 e. The first-order valence-corrected chi connectivity index (χ1v) is 22.2. The zero-order valence-corrected chi connectivity index (χ0v) is 35.5. The van der Waals surface area contributed by atoms with Crippen molar-refractivity contribution in [3.63, 3.8) is 0 Å². The Labute approximate surface area is 369 Å². The second-order valence-corrected chi connectivity index (χ2v) is 17.7. The van der Waals surface area contributed by atoms with E-state index < -0.39 is 0 Å². The van der Waals surface area contributed by atoms with Crippen molar-refractivity contribution in [1.82, 2.24) is 4.57 Å². The van der Waals surface area contributed by atoms with Crippen LogP contribution in [0.1, 0.15) is 48.4 Å². The van der Waals surface area contributed by atoms with E-state index in [0.29, 0.717) is 5.92 Å². The molecule has 300 valence electrons. The van der Waals surface area contributed by atoms with Crippen LogP contribution in [0.4, 0.5) is 11.4 Å². The quantitative estimate of drug-likeness (QED) is 0.183. The molecular weight excluding hydrogens is 761 g/mol. The SMILES string of the molecule is C1=CC(c2ccc3c(c2)c2ccccc2n3-c2ccccc2)CC=C1c1ccccc1.CC1(C)c2ccccc2-c2ccc(Nc3ccc4c5c(cccc35)-c3ccccc3-4)cc21. The monoisotopic (exact) mass is 806 g/mol. The van der Waals surface area contributed by atoms with Crippen LogP contribution in [0, 0.1) is 0 Å². The highest BCUT2D eigenvalue weighted by Crippen LogP contribution is 2.51. The molecule has 3 aliphatic rings. The van der Waals surface area contributed by atoms with E-state index in [1.54, 1.807) is 0 Å². The first-order valence-electron chi connectivity index (χ1n) is 22.2. The highest BCUT2D eigenvalue weighted by atomic mass is 15.0. The number of anilines is 2. The molecule has 9 aromatic carbocycles. The van der Waals surface area contributed by atoms with Crippen molar-refractivity contribution >= 4 is 49.5 Å². The van der Waals surface area contributed by atoms with E-state index in [1.807, 2.05) is 0 Å². The number of hydrogen-bond donors (Lipinski definition) is 1. The van der Waals surface area contributed by atoms with Gasteiger partial charge < -0.3 is 9.88 Å². The third kappa shape index (κ3) is 6.09. The van der Waals surface area contributed by atoms with Crippen LogP contribution >= 0.6 is 0 Å². The summed E-state index contributed by atoms with van der Waals surface area (Å²) in [5.41, 5.74) is 20.9. The van der Waals surface area contributed by atoms with E-state index in [1.165, 1.54) is 99.5 Å². The number of nitrogens with one attached hydrogen (secondary N) is 1. The number of nitrogens with zero attached hydrogens (tertiary/aromatic N) is 1. The third-order valence-electron chi connectivity index (χ3n) is 13.8. The molecule has 3 aliphatic carbocycles. The lowest BCUT2D eigenvalue weighted by Gasteiger charge is -2.22. The molecule has 10 aromatic rings. The standard InChI is InChI=1S/C31H23N.C30H23N/c1-31(2)27-13-6-5-10-22(27)23-15-14-19(18-28(23)31)32-29-17-16-25-21-9-4-3-8-20(21)24-11-7-12-26(29)30(24)25;1-3-9-22(10-4-1)23-15-17-24(18-16-23)25-19-20-30-28(21-25)27-13-7-8-14-29(27)31(30)26-11-5-2-6-12-26/h3-18,32H,1-2H3;1-17,19-21,24H,18H2. The molecule has 0 bridgehead atoms. The third-order valence-corrected chi connectivity index (χ3v) is 13.8. The summed E-state index contributed by atoms with van der Waals surface area (Å²) in [6.07, 6.45) is 8.04. The lowest BCUT2D eigenvalue weighted by molar-refractivity contribution is 0.660. The topological polar surface area (TPSA) is 17.0 Å². The summed E-state index contributed by atoms with van der Waals surface area (Å²) in [5, 5.41) is 9.01. The van der Waals surface area contributed by atoms with Crippen molar-refractivity contribution < 1.29 is 0 Å². The van der Waals surface area contributed by atoms with Gasteiger partial charge in [-0.15, -0.1) is 0 Å². The Balaban J connectivity index is 0.000000134. The number of aromatic nitrogens is 1. The van der Waals surface area contributed by atoms with E-state index in [2.05, 4.69) is 242 Å². The fourth-order valence-corrected chi connectivity index (χ4v) is 10.6. The predicted octanol–water partition coefficient (Wildman–Crippen LogP) is 16.4. The van der Waals surface area contributed by atoms with E-state index in [-0.39, 0.29) is 5.41 Å². The number of allylic oxidation sites excluding steroid dienone is 4. The summed E-state index contributed by atoms with van der Waals surface area (Å²) in [5.74, 6) is 0.413. The van der Waals surface area contributed by atoms with Gasteiger partial charge in [0.15, 0.2) is 0 Å². The van der Waals surface area contributed by atoms with Crippen LogP contribution in [0.25, 0.3) is 77.2 Å². The van der Waals surface area contributed by atoms with Crippen molar-refractivity contribution in [1.29, 1.82) is 0 Å². The van der Waals surface area contributed by atoms with Gasteiger partial charge in [0.2, 0.25) is 0 Å². The fourth-order valence-electron chi connectivity index (χ4n) is 10.6. The molecule has 0 saturated heterocycles. The molecule has 0 aliphatic heterocycles. The molecule has 0 saturated carbocycles. The molecule has 1 atom stereocenters. The first kappa shape index (κ1) is 37.1. The van der Waals surface area contributed by atoms with Crippen LogP contribution in [-0.2, 0) is 5.41 Å². The summed E-state index contributed by atoms with van der Waals surface area (Å²) in [6.45, 7) is 4.66. The lowest BCUT2D eigenvalue weighted by Crippen LogP contribution is -2.15. The average molecular weight is 807 g/mol. The molecular formula is C61H46N2. The van der Waals surface area contributed by atoms with E-state index in [0.717, 1.165) is 17.8 Å². The Morgan fingerprint density at radius 3 is 1.92 bits per heavy atom. The highest BCUT2D eigenvalue weighted by Gasteiger charge is 2.35. The normalized spacial score (nSPS) is 15.1. The Kier molecular flexibility index (Phi) is 8.69.